The van der Waals surface area contributed by atoms with E-state index < -0.39 is 5.97 Å². The van der Waals surface area contributed by atoms with Gasteiger partial charge >= 0.3 is 5.97 Å². The molecule has 2 fully saturated rings. The Bertz CT molecular complexity index is 333. The summed E-state index contributed by atoms with van der Waals surface area (Å²) in [6.45, 7) is 1.65. The SMILES string of the molecule is O=C(O)CCCCCNC(=O)C1NCC2CCCC21. The second kappa shape index (κ2) is 6.89. The van der Waals surface area contributed by atoms with E-state index in [1.807, 2.05) is 0 Å². The Morgan fingerprint density at radius 1 is 1.21 bits per heavy atom. The molecule has 0 bridgehead atoms. The second-order valence-corrected chi connectivity index (χ2v) is 5.74. The maximum Gasteiger partial charge on any atom is 0.303 e. The molecule has 5 nitrogen and oxygen atoms in total. The van der Waals surface area contributed by atoms with Crippen LogP contribution in [0.15, 0.2) is 0 Å². The standard InChI is InChI=1S/C14H24N2O3/c17-12(18)7-2-1-3-8-15-14(19)13-11-6-4-5-10(11)9-16-13/h10-11,13,16H,1-9H2,(H,15,19)(H,17,18). The van der Waals surface area contributed by atoms with Gasteiger partial charge in [-0.05, 0) is 44.1 Å². The summed E-state index contributed by atoms with van der Waals surface area (Å²) in [5.74, 6) is 0.623. The van der Waals surface area contributed by atoms with Crippen LogP contribution in [0.1, 0.15) is 44.9 Å². The van der Waals surface area contributed by atoms with Crippen molar-refractivity contribution in [1.82, 2.24) is 10.6 Å². The van der Waals surface area contributed by atoms with Crippen LogP contribution in [0.4, 0.5) is 0 Å². The molecule has 108 valence electrons. The van der Waals surface area contributed by atoms with Gasteiger partial charge in [-0.25, -0.2) is 0 Å². The summed E-state index contributed by atoms with van der Waals surface area (Å²) >= 11 is 0. The van der Waals surface area contributed by atoms with Gasteiger partial charge in [-0.1, -0.05) is 12.8 Å². The largest absolute Gasteiger partial charge is 0.481 e. The molecule has 3 N–H and O–H groups in total. The Morgan fingerprint density at radius 3 is 2.84 bits per heavy atom. The van der Waals surface area contributed by atoms with E-state index in [0.29, 0.717) is 24.8 Å². The van der Waals surface area contributed by atoms with E-state index >= 15 is 0 Å². The fourth-order valence-corrected chi connectivity index (χ4v) is 3.37. The Labute approximate surface area is 114 Å². The van der Waals surface area contributed by atoms with Gasteiger partial charge in [0.05, 0.1) is 6.04 Å². The molecule has 3 unspecified atom stereocenters. The van der Waals surface area contributed by atoms with Crippen LogP contribution in [0.3, 0.4) is 0 Å². The van der Waals surface area contributed by atoms with Crippen LogP contribution in [-0.2, 0) is 9.59 Å². The first-order chi connectivity index (χ1) is 9.18. The number of aliphatic carboxylic acids is 1. The smallest absolute Gasteiger partial charge is 0.303 e. The minimum absolute atomic E-state index is 0.00604. The zero-order valence-electron chi connectivity index (χ0n) is 11.4. The zero-order valence-corrected chi connectivity index (χ0v) is 11.4. The van der Waals surface area contributed by atoms with Gasteiger partial charge in [-0.2, -0.15) is 0 Å². The first-order valence-corrected chi connectivity index (χ1v) is 7.41. The predicted molar refractivity (Wildman–Crippen MR) is 71.7 cm³/mol. The number of rotatable bonds is 7. The van der Waals surface area contributed by atoms with Crippen LogP contribution in [0.25, 0.3) is 0 Å². The number of carbonyl (C=O) groups is 2. The molecule has 1 heterocycles. The molecule has 0 aromatic rings. The summed E-state index contributed by atoms with van der Waals surface area (Å²) in [6.07, 6.45) is 6.33. The third-order valence-corrected chi connectivity index (χ3v) is 4.40. The number of amides is 1. The molecule has 0 aromatic heterocycles. The zero-order chi connectivity index (χ0) is 13.7. The molecule has 1 amide bonds. The highest BCUT2D eigenvalue weighted by atomic mass is 16.4. The Morgan fingerprint density at radius 2 is 2.05 bits per heavy atom. The number of hydrogen-bond donors (Lipinski definition) is 3. The molecule has 0 spiro atoms. The average Bonchev–Trinajstić information content (AvgIpc) is 2.94. The number of nitrogens with one attached hydrogen (secondary N) is 2. The van der Waals surface area contributed by atoms with Crippen molar-refractivity contribution in [1.29, 1.82) is 0 Å². The highest BCUT2D eigenvalue weighted by molar-refractivity contribution is 5.82. The second-order valence-electron chi connectivity index (χ2n) is 5.74. The number of unbranched alkanes of at least 4 members (excludes halogenated alkanes) is 2. The fourth-order valence-electron chi connectivity index (χ4n) is 3.37. The topological polar surface area (TPSA) is 78.4 Å². The molecule has 5 heteroatoms. The summed E-state index contributed by atoms with van der Waals surface area (Å²) in [7, 11) is 0. The molecule has 3 atom stereocenters. The third kappa shape index (κ3) is 3.93. The molecule has 0 aromatic carbocycles. The van der Waals surface area contributed by atoms with E-state index in [-0.39, 0.29) is 18.4 Å². The lowest BCUT2D eigenvalue weighted by Gasteiger charge is -2.17. The monoisotopic (exact) mass is 268 g/mol. The summed E-state index contributed by atoms with van der Waals surface area (Å²) in [5.41, 5.74) is 0. The number of carboxylic acid groups (broad SMARTS) is 1. The van der Waals surface area contributed by atoms with Gasteiger partial charge in [0.25, 0.3) is 0 Å². The Hall–Kier alpha value is -1.10. The maximum atomic E-state index is 12.1. The Balaban J connectivity index is 1.58. The summed E-state index contributed by atoms with van der Waals surface area (Å²) in [4.78, 5) is 22.4. The first kappa shape index (κ1) is 14.3. The molecule has 1 aliphatic carbocycles. The summed E-state index contributed by atoms with van der Waals surface area (Å²) in [6, 6.07) is 0.00604. The van der Waals surface area contributed by atoms with Crippen molar-refractivity contribution in [2.75, 3.05) is 13.1 Å². The van der Waals surface area contributed by atoms with Gasteiger partial charge < -0.3 is 15.7 Å². The lowest BCUT2D eigenvalue weighted by Crippen LogP contribution is -2.44. The molecule has 0 radical (unpaired) electrons. The van der Waals surface area contributed by atoms with E-state index in [1.165, 1.54) is 19.3 Å². The molecular formula is C14H24N2O3. The van der Waals surface area contributed by atoms with Crippen molar-refractivity contribution in [2.24, 2.45) is 11.8 Å². The van der Waals surface area contributed by atoms with Crippen molar-refractivity contribution in [3.63, 3.8) is 0 Å². The van der Waals surface area contributed by atoms with Crippen LogP contribution in [0.5, 0.6) is 0 Å². The Kier molecular flexibility index (Phi) is 5.19. The van der Waals surface area contributed by atoms with Gasteiger partial charge in [-0.15, -0.1) is 0 Å². The van der Waals surface area contributed by atoms with E-state index in [9.17, 15) is 9.59 Å². The van der Waals surface area contributed by atoms with Crippen molar-refractivity contribution >= 4 is 11.9 Å². The van der Waals surface area contributed by atoms with Gasteiger partial charge in [0.1, 0.15) is 0 Å². The molecule has 19 heavy (non-hydrogen) atoms. The molecule has 1 aliphatic heterocycles. The fraction of sp³-hybridized carbons (Fsp3) is 0.857. The number of fused-ring (bicyclic) bond motifs is 1. The third-order valence-electron chi connectivity index (χ3n) is 4.40. The van der Waals surface area contributed by atoms with Crippen molar-refractivity contribution in [3.8, 4) is 0 Å². The number of carbonyl (C=O) groups excluding carboxylic acids is 1. The van der Waals surface area contributed by atoms with E-state index in [4.69, 9.17) is 5.11 Å². The van der Waals surface area contributed by atoms with Gasteiger partial charge in [0, 0.05) is 13.0 Å². The summed E-state index contributed by atoms with van der Waals surface area (Å²) in [5, 5.41) is 14.8. The molecular weight excluding hydrogens is 244 g/mol. The lowest BCUT2D eigenvalue weighted by molar-refractivity contribution is -0.137. The van der Waals surface area contributed by atoms with Gasteiger partial charge in [0.2, 0.25) is 5.91 Å². The quantitative estimate of drug-likeness (QED) is 0.605. The van der Waals surface area contributed by atoms with Crippen LogP contribution in [0, 0.1) is 11.8 Å². The maximum absolute atomic E-state index is 12.1. The predicted octanol–water partition coefficient (Wildman–Crippen LogP) is 1.14. The highest BCUT2D eigenvalue weighted by Gasteiger charge is 2.42. The van der Waals surface area contributed by atoms with E-state index in [0.717, 1.165) is 19.4 Å². The lowest BCUT2D eigenvalue weighted by atomic mass is 9.93. The van der Waals surface area contributed by atoms with Crippen molar-refractivity contribution in [3.05, 3.63) is 0 Å². The van der Waals surface area contributed by atoms with Crippen LogP contribution >= 0.6 is 0 Å². The van der Waals surface area contributed by atoms with Gasteiger partial charge in [-0.3, -0.25) is 9.59 Å². The molecule has 2 rings (SSSR count). The van der Waals surface area contributed by atoms with Crippen LogP contribution in [0.2, 0.25) is 0 Å². The normalized spacial score (nSPS) is 29.2. The van der Waals surface area contributed by atoms with Crippen LogP contribution < -0.4 is 10.6 Å². The summed E-state index contributed by atoms with van der Waals surface area (Å²) < 4.78 is 0. The number of carboxylic acids is 1. The molecule has 1 saturated heterocycles. The first-order valence-electron chi connectivity index (χ1n) is 7.41. The van der Waals surface area contributed by atoms with Crippen LogP contribution in [-0.4, -0.2) is 36.1 Å². The minimum Gasteiger partial charge on any atom is -0.481 e. The van der Waals surface area contributed by atoms with Gasteiger partial charge in [0.15, 0.2) is 0 Å². The number of hydrogen-bond acceptors (Lipinski definition) is 3. The molecule has 1 saturated carbocycles. The van der Waals surface area contributed by atoms with E-state index in [2.05, 4.69) is 10.6 Å². The van der Waals surface area contributed by atoms with Crippen molar-refractivity contribution in [2.45, 2.75) is 51.0 Å². The minimum atomic E-state index is -0.744. The average molecular weight is 268 g/mol. The highest BCUT2D eigenvalue weighted by Crippen LogP contribution is 2.37. The van der Waals surface area contributed by atoms with E-state index in [1.54, 1.807) is 0 Å². The molecule has 2 aliphatic rings. The van der Waals surface area contributed by atoms with Crippen molar-refractivity contribution < 1.29 is 14.7 Å².